The fourth-order valence-corrected chi connectivity index (χ4v) is 3.74. The first-order chi connectivity index (χ1) is 15.6. The number of ether oxygens (including phenoxy) is 1. The van der Waals surface area contributed by atoms with E-state index in [0.29, 0.717) is 11.1 Å². The second-order valence-corrected chi connectivity index (χ2v) is 7.60. The van der Waals surface area contributed by atoms with E-state index in [1.165, 1.54) is 5.56 Å². The highest BCUT2D eigenvalue weighted by Crippen LogP contribution is 2.25. The number of hydrogen-bond acceptors (Lipinski definition) is 4. The quantitative estimate of drug-likeness (QED) is 0.468. The summed E-state index contributed by atoms with van der Waals surface area (Å²) in [6, 6.07) is 24.4. The Bertz CT molecular complexity index is 1270. The van der Waals surface area contributed by atoms with Gasteiger partial charge in [-0.15, -0.1) is 0 Å². The van der Waals surface area contributed by atoms with E-state index in [4.69, 9.17) is 15.0 Å². The molecular formula is C26H24N4O2. The number of imidazole rings is 1. The first kappa shape index (κ1) is 21.1. The average Bonchev–Trinajstić information content (AvgIpc) is 3.21. The number of methoxy groups -OCH3 is 1. The molecular weight excluding hydrogens is 400 g/mol. The SMILES string of the molecule is COc1ccc2nc(C(C)NC(=O)c3ccc(C#N)cc3)n(CCc3ccccc3)c2c1. The smallest absolute Gasteiger partial charge is 0.251 e. The van der Waals surface area contributed by atoms with Gasteiger partial charge in [0.15, 0.2) is 0 Å². The standard InChI is InChI=1S/C26H24N4O2/c1-18(28-26(31)21-10-8-20(17-27)9-11-21)25-29-23-13-12-22(32-2)16-24(23)30(25)15-14-19-6-4-3-5-7-19/h3-13,16,18H,14-15H2,1-2H3,(H,28,31). The van der Waals surface area contributed by atoms with Gasteiger partial charge >= 0.3 is 0 Å². The third kappa shape index (κ3) is 4.47. The van der Waals surface area contributed by atoms with E-state index in [1.807, 2.05) is 43.3 Å². The minimum atomic E-state index is -0.313. The van der Waals surface area contributed by atoms with Crippen molar-refractivity contribution in [3.05, 3.63) is 95.3 Å². The van der Waals surface area contributed by atoms with Crippen LogP contribution in [0.1, 0.15) is 40.3 Å². The summed E-state index contributed by atoms with van der Waals surface area (Å²) in [6.07, 6.45) is 0.840. The van der Waals surface area contributed by atoms with Gasteiger partial charge in [-0.1, -0.05) is 30.3 Å². The van der Waals surface area contributed by atoms with Crippen molar-refractivity contribution in [1.82, 2.24) is 14.9 Å². The van der Waals surface area contributed by atoms with Gasteiger partial charge in [-0.25, -0.2) is 4.98 Å². The Hall–Kier alpha value is -4.11. The van der Waals surface area contributed by atoms with Crippen LogP contribution in [0, 0.1) is 11.3 Å². The van der Waals surface area contributed by atoms with Gasteiger partial charge in [0.25, 0.3) is 5.91 Å². The Morgan fingerprint density at radius 3 is 2.56 bits per heavy atom. The number of nitrogens with zero attached hydrogens (tertiary/aromatic N) is 3. The molecule has 0 spiro atoms. The summed E-state index contributed by atoms with van der Waals surface area (Å²) in [5.41, 5.74) is 4.08. The summed E-state index contributed by atoms with van der Waals surface area (Å²) in [7, 11) is 1.65. The Morgan fingerprint density at radius 1 is 1.12 bits per heavy atom. The van der Waals surface area contributed by atoms with Gasteiger partial charge in [0, 0.05) is 18.2 Å². The van der Waals surface area contributed by atoms with E-state index in [1.54, 1.807) is 31.4 Å². The molecule has 4 aromatic rings. The molecule has 0 fully saturated rings. The Kier molecular flexibility index (Phi) is 6.18. The van der Waals surface area contributed by atoms with Gasteiger partial charge in [0.05, 0.1) is 35.8 Å². The maximum Gasteiger partial charge on any atom is 0.251 e. The fourth-order valence-electron chi connectivity index (χ4n) is 3.74. The van der Waals surface area contributed by atoms with Gasteiger partial charge in [0.1, 0.15) is 11.6 Å². The topological polar surface area (TPSA) is 79.9 Å². The number of aromatic nitrogens is 2. The normalized spacial score (nSPS) is 11.7. The number of aryl methyl sites for hydroxylation is 2. The highest BCUT2D eigenvalue weighted by Gasteiger charge is 2.19. The number of fused-ring (bicyclic) bond motifs is 1. The molecule has 1 heterocycles. The van der Waals surface area contributed by atoms with Crippen molar-refractivity contribution in [3.8, 4) is 11.8 Å². The van der Waals surface area contributed by atoms with Crippen LogP contribution < -0.4 is 10.1 Å². The predicted molar refractivity (Wildman–Crippen MR) is 123 cm³/mol. The zero-order chi connectivity index (χ0) is 22.5. The molecule has 0 saturated carbocycles. The Balaban J connectivity index is 1.63. The third-order valence-electron chi connectivity index (χ3n) is 5.46. The highest BCUT2D eigenvalue weighted by molar-refractivity contribution is 5.94. The van der Waals surface area contributed by atoms with Crippen LogP contribution >= 0.6 is 0 Å². The minimum absolute atomic E-state index is 0.207. The lowest BCUT2D eigenvalue weighted by Crippen LogP contribution is -2.29. The zero-order valence-electron chi connectivity index (χ0n) is 18.1. The molecule has 160 valence electrons. The molecule has 1 atom stereocenters. The molecule has 1 N–H and O–H groups in total. The van der Waals surface area contributed by atoms with Crippen molar-refractivity contribution in [2.24, 2.45) is 0 Å². The van der Waals surface area contributed by atoms with Crippen LogP contribution in [-0.4, -0.2) is 22.6 Å². The largest absolute Gasteiger partial charge is 0.497 e. The molecule has 0 radical (unpaired) electrons. The summed E-state index contributed by atoms with van der Waals surface area (Å²) in [6.45, 7) is 2.65. The summed E-state index contributed by atoms with van der Waals surface area (Å²) in [5.74, 6) is 1.34. The first-order valence-electron chi connectivity index (χ1n) is 10.5. The molecule has 6 heteroatoms. The van der Waals surface area contributed by atoms with Gasteiger partial charge in [-0.05, 0) is 55.3 Å². The molecule has 0 aliphatic carbocycles. The van der Waals surface area contributed by atoms with E-state index < -0.39 is 0 Å². The van der Waals surface area contributed by atoms with Crippen LogP contribution in [0.4, 0.5) is 0 Å². The molecule has 1 unspecified atom stereocenters. The maximum absolute atomic E-state index is 12.8. The van der Waals surface area contributed by atoms with Crippen molar-refractivity contribution >= 4 is 16.9 Å². The number of carbonyl (C=O) groups excluding carboxylic acids is 1. The number of carbonyl (C=O) groups is 1. The van der Waals surface area contributed by atoms with E-state index >= 15 is 0 Å². The molecule has 1 aromatic heterocycles. The van der Waals surface area contributed by atoms with Crippen LogP contribution in [0.3, 0.4) is 0 Å². The van der Waals surface area contributed by atoms with E-state index in [9.17, 15) is 4.79 Å². The lowest BCUT2D eigenvalue weighted by atomic mass is 10.1. The Labute approximate surface area is 187 Å². The van der Waals surface area contributed by atoms with Crippen LogP contribution in [0.15, 0.2) is 72.8 Å². The molecule has 0 aliphatic rings. The van der Waals surface area contributed by atoms with Crippen LogP contribution in [0.25, 0.3) is 11.0 Å². The van der Waals surface area contributed by atoms with Crippen LogP contribution in [0.2, 0.25) is 0 Å². The van der Waals surface area contributed by atoms with Gasteiger partial charge < -0.3 is 14.6 Å². The van der Waals surface area contributed by atoms with Crippen LogP contribution in [-0.2, 0) is 13.0 Å². The van der Waals surface area contributed by atoms with E-state index in [2.05, 4.69) is 28.1 Å². The zero-order valence-corrected chi connectivity index (χ0v) is 18.1. The summed E-state index contributed by atoms with van der Waals surface area (Å²) in [5, 5.41) is 12.0. The van der Waals surface area contributed by atoms with E-state index in [0.717, 1.165) is 35.6 Å². The lowest BCUT2D eigenvalue weighted by Gasteiger charge is -2.17. The molecule has 1 amide bonds. The van der Waals surface area contributed by atoms with Gasteiger partial charge in [-0.3, -0.25) is 4.79 Å². The van der Waals surface area contributed by atoms with Crippen LogP contribution in [0.5, 0.6) is 5.75 Å². The molecule has 0 bridgehead atoms. The molecule has 0 saturated heterocycles. The lowest BCUT2D eigenvalue weighted by molar-refractivity contribution is 0.0937. The van der Waals surface area contributed by atoms with Gasteiger partial charge in [0.2, 0.25) is 0 Å². The number of hydrogen-bond donors (Lipinski definition) is 1. The molecule has 6 nitrogen and oxygen atoms in total. The molecule has 4 rings (SSSR count). The first-order valence-corrected chi connectivity index (χ1v) is 10.5. The third-order valence-corrected chi connectivity index (χ3v) is 5.46. The number of nitriles is 1. The van der Waals surface area contributed by atoms with Crippen molar-refractivity contribution in [2.45, 2.75) is 25.9 Å². The Morgan fingerprint density at radius 2 is 1.88 bits per heavy atom. The number of benzene rings is 3. The summed E-state index contributed by atoms with van der Waals surface area (Å²) >= 11 is 0. The van der Waals surface area contributed by atoms with Crippen molar-refractivity contribution < 1.29 is 9.53 Å². The average molecular weight is 425 g/mol. The highest BCUT2D eigenvalue weighted by atomic mass is 16.5. The summed E-state index contributed by atoms with van der Waals surface area (Å²) < 4.78 is 7.56. The predicted octanol–water partition coefficient (Wildman–Crippen LogP) is 4.65. The van der Waals surface area contributed by atoms with E-state index in [-0.39, 0.29) is 11.9 Å². The molecule has 3 aromatic carbocycles. The second-order valence-electron chi connectivity index (χ2n) is 7.60. The molecule has 0 aliphatic heterocycles. The minimum Gasteiger partial charge on any atom is -0.497 e. The number of amides is 1. The summed E-state index contributed by atoms with van der Waals surface area (Å²) in [4.78, 5) is 17.6. The van der Waals surface area contributed by atoms with Crippen molar-refractivity contribution in [2.75, 3.05) is 7.11 Å². The van der Waals surface area contributed by atoms with Gasteiger partial charge in [-0.2, -0.15) is 5.26 Å². The maximum atomic E-state index is 12.8. The van der Waals surface area contributed by atoms with Crippen molar-refractivity contribution in [1.29, 1.82) is 5.26 Å². The number of nitrogens with one attached hydrogen (secondary N) is 1. The fraction of sp³-hybridized carbons (Fsp3) is 0.192. The second kappa shape index (κ2) is 9.36. The number of rotatable bonds is 7. The molecule has 32 heavy (non-hydrogen) atoms. The monoisotopic (exact) mass is 424 g/mol. The van der Waals surface area contributed by atoms with Crippen molar-refractivity contribution in [3.63, 3.8) is 0 Å².